The lowest BCUT2D eigenvalue weighted by Gasteiger charge is -2.28. The molecule has 0 aliphatic heterocycles. The molecule has 1 aliphatic rings. The molecule has 92 valence electrons. The average molecular weight is 224 g/mol. The molecule has 1 saturated carbocycles. The van der Waals surface area contributed by atoms with Gasteiger partial charge in [0.2, 0.25) is 0 Å². The third-order valence-corrected chi connectivity index (χ3v) is 3.67. The average Bonchev–Trinajstić information content (AvgIpc) is 2.30. The van der Waals surface area contributed by atoms with Gasteiger partial charge in [-0.25, -0.2) is 4.79 Å². The standard InChI is InChI=1S/C14H24O2/c1-3-14(15)16-11-7-6-10-13-9-5-4-8-12(13)2/h3,12-13H,1,4-11H2,2H3. The molecule has 0 bridgehead atoms. The first-order valence-electron chi connectivity index (χ1n) is 6.53. The van der Waals surface area contributed by atoms with E-state index in [0.717, 1.165) is 18.3 Å². The summed E-state index contributed by atoms with van der Waals surface area (Å²) in [6, 6.07) is 0. The van der Waals surface area contributed by atoms with Gasteiger partial charge in [0.15, 0.2) is 0 Å². The van der Waals surface area contributed by atoms with Crippen LogP contribution in [0.4, 0.5) is 0 Å². The Kier molecular flexibility index (Phi) is 6.20. The highest BCUT2D eigenvalue weighted by Crippen LogP contribution is 2.32. The molecule has 0 aromatic rings. The number of esters is 1. The number of hydrogen-bond donors (Lipinski definition) is 0. The first-order chi connectivity index (χ1) is 7.74. The fourth-order valence-corrected chi connectivity index (χ4v) is 2.56. The third-order valence-electron chi connectivity index (χ3n) is 3.67. The summed E-state index contributed by atoms with van der Waals surface area (Å²) in [5, 5.41) is 0. The normalized spacial score (nSPS) is 25.1. The zero-order chi connectivity index (χ0) is 11.8. The molecule has 1 aliphatic carbocycles. The number of hydrogen-bond acceptors (Lipinski definition) is 2. The maximum absolute atomic E-state index is 10.8. The van der Waals surface area contributed by atoms with E-state index in [4.69, 9.17) is 4.74 Å². The van der Waals surface area contributed by atoms with Gasteiger partial charge >= 0.3 is 5.97 Å². The Morgan fingerprint density at radius 1 is 1.38 bits per heavy atom. The van der Waals surface area contributed by atoms with E-state index in [1.807, 2.05) is 0 Å². The number of carbonyl (C=O) groups is 1. The van der Waals surface area contributed by atoms with Crippen molar-refractivity contribution in [2.45, 2.75) is 51.9 Å². The van der Waals surface area contributed by atoms with E-state index < -0.39 is 0 Å². The molecular weight excluding hydrogens is 200 g/mol. The van der Waals surface area contributed by atoms with Gasteiger partial charge in [0.1, 0.15) is 0 Å². The van der Waals surface area contributed by atoms with Crippen molar-refractivity contribution in [1.29, 1.82) is 0 Å². The van der Waals surface area contributed by atoms with E-state index in [2.05, 4.69) is 13.5 Å². The van der Waals surface area contributed by atoms with E-state index in [1.54, 1.807) is 0 Å². The minimum absolute atomic E-state index is 0.300. The molecule has 0 aromatic carbocycles. The lowest BCUT2D eigenvalue weighted by Crippen LogP contribution is -2.16. The summed E-state index contributed by atoms with van der Waals surface area (Å²) < 4.78 is 4.95. The van der Waals surface area contributed by atoms with Gasteiger partial charge in [-0.3, -0.25) is 0 Å². The van der Waals surface area contributed by atoms with Gasteiger partial charge in [-0.1, -0.05) is 45.6 Å². The predicted octanol–water partition coefficient (Wildman–Crippen LogP) is 3.71. The van der Waals surface area contributed by atoms with E-state index in [0.29, 0.717) is 6.61 Å². The van der Waals surface area contributed by atoms with Gasteiger partial charge in [0, 0.05) is 6.08 Å². The Morgan fingerprint density at radius 3 is 2.81 bits per heavy atom. The van der Waals surface area contributed by atoms with Crippen molar-refractivity contribution in [1.82, 2.24) is 0 Å². The second-order valence-electron chi connectivity index (χ2n) is 4.89. The summed E-state index contributed by atoms with van der Waals surface area (Å²) in [7, 11) is 0. The minimum atomic E-state index is -0.300. The lowest BCUT2D eigenvalue weighted by molar-refractivity contribution is -0.137. The van der Waals surface area contributed by atoms with Crippen LogP contribution >= 0.6 is 0 Å². The van der Waals surface area contributed by atoms with E-state index in [1.165, 1.54) is 44.6 Å². The Bertz CT molecular complexity index is 223. The number of rotatable bonds is 6. The molecule has 2 nitrogen and oxygen atoms in total. The summed E-state index contributed by atoms with van der Waals surface area (Å²) >= 11 is 0. The van der Waals surface area contributed by atoms with Gasteiger partial charge in [0.25, 0.3) is 0 Å². The predicted molar refractivity (Wildman–Crippen MR) is 66.1 cm³/mol. The summed E-state index contributed by atoms with van der Waals surface area (Å²) in [4.78, 5) is 10.8. The van der Waals surface area contributed by atoms with Crippen LogP contribution in [0, 0.1) is 11.8 Å². The number of unbranched alkanes of at least 4 members (excludes halogenated alkanes) is 1. The third kappa shape index (κ3) is 4.82. The highest BCUT2D eigenvalue weighted by atomic mass is 16.5. The molecule has 2 atom stereocenters. The summed E-state index contributed by atoms with van der Waals surface area (Å²) in [6.45, 7) is 6.29. The molecule has 0 radical (unpaired) electrons. The maximum Gasteiger partial charge on any atom is 0.330 e. The van der Waals surface area contributed by atoms with Gasteiger partial charge in [0.05, 0.1) is 6.61 Å². The molecule has 16 heavy (non-hydrogen) atoms. The van der Waals surface area contributed by atoms with Crippen LogP contribution in [-0.4, -0.2) is 12.6 Å². The molecule has 0 aromatic heterocycles. The van der Waals surface area contributed by atoms with E-state index in [-0.39, 0.29) is 5.97 Å². The first-order valence-corrected chi connectivity index (χ1v) is 6.53. The highest BCUT2D eigenvalue weighted by Gasteiger charge is 2.20. The topological polar surface area (TPSA) is 26.3 Å². The smallest absolute Gasteiger partial charge is 0.330 e. The van der Waals surface area contributed by atoms with Crippen molar-refractivity contribution in [2.24, 2.45) is 11.8 Å². The van der Waals surface area contributed by atoms with Gasteiger partial charge < -0.3 is 4.74 Å². The number of ether oxygens (including phenoxy) is 1. The van der Waals surface area contributed by atoms with E-state index in [9.17, 15) is 4.79 Å². The monoisotopic (exact) mass is 224 g/mol. The van der Waals surface area contributed by atoms with Crippen molar-refractivity contribution in [3.8, 4) is 0 Å². The SMILES string of the molecule is C=CC(=O)OCCCCC1CCCCC1C. The zero-order valence-electron chi connectivity index (χ0n) is 10.4. The van der Waals surface area contributed by atoms with Crippen LogP contribution in [0.5, 0.6) is 0 Å². The van der Waals surface area contributed by atoms with Crippen molar-refractivity contribution in [3.05, 3.63) is 12.7 Å². The van der Waals surface area contributed by atoms with Crippen molar-refractivity contribution < 1.29 is 9.53 Å². The molecule has 2 unspecified atom stereocenters. The highest BCUT2D eigenvalue weighted by molar-refractivity contribution is 5.81. The number of carbonyl (C=O) groups excluding carboxylic acids is 1. The molecule has 0 amide bonds. The fraction of sp³-hybridized carbons (Fsp3) is 0.786. The van der Waals surface area contributed by atoms with Gasteiger partial charge in [-0.05, 0) is 24.7 Å². The van der Waals surface area contributed by atoms with Crippen LogP contribution in [0.15, 0.2) is 12.7 Å². The van der Waals surface area contributed by atoms with Crippen molar-refractivity contribution in [2.75, 3.05) is 6.61 Å². The molecular formula is C14H24O2. The Hall–Kier alpha value is -0.790. The summed E-state index contributed by atoms with van der Waals surface area (Å²) in [6.07, 6.45) is 10.3. The zero-order valence-corrected chi connectivity index (χ0v) is 10.4. The quantitative estimate of drug-likeness (QED) is 0.390. The molecule has 2 heteroatoms. The fourth-order valence-electron chi connectivity index (χ4n) is 2.56. The second kappa shape index (κ2) is 7.48. The van der Waals surface area contributed by atoms with Crippen LogP contribution in [0.25, 0.3) is 0 Å². The molecule has 0 saturated heterocycles. The second-order valence-corrected chi connectivity index (χ2v) is 4.89. The van der Waals surface area contributed by atoms with Crippen molar-refractivity contribution in [3.63, 3.8) is 0 Å². The Labute approximate surface area is 99.1 Å². The molecule has 0 spiro atoms. The molecule has 0 N–H and O–H groups in total. The minimum Gasteiger partial charge on any atom is -0.463 e. The Balaban J connectivity index is 2.01. The van der Waals surface area contributed by atoms with Gasteiger partial charge in [-0.15, -0.1) is 0 Å². The molecule has 0 heterocycles. The van der Waals surface area contributed by atoms with Crippen LogP contribution < -0.4 is 0 Å². The van der Waals surface area contributed by atoms with Crippen LogP contribution in [0.1, 0.15) is 51.9 Å². The maximum atomic E-state index is 10.8. The van der Waals surface area contributed by atoms with Gasteiger partial charge in [-0.2, -0.15) is 0 Å². The van der Waals surface area contributed by atoms with Crippen LogP contribution in [-0.2, 0) is 9.53 Å². The molecule has 1 rings (SSSR count). The first kappa shape index (κ1) is 13.3. The molecule has 1 fully saturated rings. The lowest BCUT2D eigenvalue weighted by atomic mass is 9.78. The summed E-state index contributed by atoms with van der Waals surface area (Å²) in [5.41, 5.74) is 0. The van der Waals surface area contributed by atoms with Crippen LogP contribution in [0.3, 0.4) is 0 Å². The van der Waals surface area contributed by atoms with Crippen LogP contribution in [0.2, 0.25) is 0 Å². The van der Waals surface area contributed by atoms with Crippen molar-refractivity contribution >= 4 is 5.97 Å². The van der Waals surface area contributed by atoms with E-state index >= 15 is 0 Å². The summed E-state index contributed by atoms with van der Waals surface area (Å²) in [5.74, 6) is 1.50. The Morgan fingerprint density at radius 2 is 2.12 bits per heavy atom. The largest absolute Gasteiger partial charge is 0.463 e.